The molecule has 1 saturated carbocycles. The molecule has 0 spiro atoms. The summed E-state index contributed by atoms with van der Waals surface area (Å²) in [6.45, 7) is 6.41. The van der Waals surface area contributed by atoms with Gasteiger partial charge in [0.25, 0.3) is 5.56 Å². The quantitative estimate of drug-likeness (QED) is 0.480. The average Bonchev–Trinajstić information content (AvgIpc) is 3.55. The maximum Gasteiger partial charge on any atom is 0.252 e. The molecule has 5 rings (SSSR count). The Kier molecular flexibility index (Phi) is 7.58. The Morgan fingerprint density at radius 3 is 2.80 bits per heavy atom. The van der Waals surface area contributed by atoms with Crippen LogP contribution in [0.1, 0.15) is 87.7 Å². The van der Waals surface area contributed by atoms with Crippen LogP contribution in [-0.4, -0.2) is 48.8 Å². The molecule has 8 nitrogen and oxygen atoms in total. The van der Waals surface area contributed by atoms with E-state index in [-0.39, 0.29) is 17.7 Å². The Morgan fingerprint density at radius 2 is 2.03 bits per heavy atom. The number of benzene rings is 1. The normalized spacial score (nSPS) is 20.1. The smallest absolute Gasteiger partial charge is 0.252 e. The second-order valence-corrected chi connectivity index (χ2v) is 10.3. The summed E-state index contributed by atoms with van der Waals surface area (Å²) in [5, 5.41) is 14.1. The van der Waals surface area contributed by atoms with Gasteiger partial charge in [0.05, 0.1) is 18.7 Å². The van der Waals surface area contributed by atoms with Crippen molar-refractivity contribution in [2.24, 2.45) is 0 Å². The van der Waals surface area contributed by atoms with Gasteiger partial charge in [0.2, 0.25) is 0 Å². The van der Waals surface area contributed by atoms with Crippen molar-refractivity contribution >= 4 is 10.9 Å². The largest absolute Gasteiger partial charge is 0.376 e. The molecule has 0 bridgehead atoms. The van der Waals surface area contributed by atoms with Crippen molar-refractivity contribution in [2.45, 2.75) is 103 Å². The van der Waals surface area contributed by atoms with Gasteiger partial charge in [-0.15, -0.1) is 5.10 Å². The number of tetrazole rings is 1. The molecular formula is C27H38N6O2. The molecule has 1 aliphatic carbocycles. The summed E-state index contributed by atoms with van der Waals surface area (Å²) in [4.78, 5) is 18.8. The molecule has 0 unspecified atom stereocenters. The SMILES string of the molecule is CCC[C@H](c1nnnn1C[C@@H]1CCCO1)N(Cc1cc2cc(C)ccc2[nH]c1=O)C1CCCCC1. The first-order valence-corrected chi connectivity index (χ1v) is 13.4. The predicted octanol–water partition coefficient (Wildman–Crippen LogP) is 4.68. The minimum absolute atomic E-state index is 0.00337. The molecule has 2 atom stereocenters. The molecule has 0 amide bonds. The number of aryl methyl sites for hydroxylation is 1. The third-order valence-corrected chi connectivity index (χ3v) is 7.69. The van der Waals surface area contributed by atoms with Crippen molar-refractivity contribution in [1.82, 2.24) is 30.1 Å². The van der Waals surface area contributed by atoms with E-state index in [1.807, 2.05) is 16.8 Å². The van der Waals surface area contributed by atoms with E-state index in [0.717, 1.165) is 67.4 Å². The molecule has 2 aliphatic rings. The molecule has 1 aliphatic heterocycles. The number of aromatic amines is 1. The van der Waals surface area contributed by atoms with Crippen molar-refractivity contribution in [1.29, 1.82) is 0 Å². The Morgan fingerprint density at radius 1 is 1.17 bits per heavy atom. The highest BCUT2D eigenvalue weighted by atomic mass is 16.5. The van der Waals surface area contributed by atoms with Crippen LogP contribution in [0.2, 0.25) is 0 Å². The van der Waals surface area contributed by atoms with Crippen LogP contribution in [0.5, 0.6) is 0 Å². The fourth-order valence-corrected chi connectivity index (χ4v) is 5.87. The van der Waals surface area contributed by atoms with E-state index in [0.29, 0.717) is 19.1 Å². The summed E-state index contributed by atoms with van der Waals surface area (Å²) in [6, 6.07) is 8.74. The third-order valence-electron chi connectivity index (χ3n) is 7.69. The number of H-pyrrole nitrogens is 1. The van der Waals surface area contributed by atoms with Gasteiger partial charge in [0.1, 0.15) is 0 Å². The minimum Gasteiger partial charge on any atom is -0.376 e. The van der Waals surface area contributed by atoms with Crippen LogP contribution in [0.15, 0.2) is 29.1 Å². The Hall–Kier alpha value is -2.58. The van der Waals surface area contributed by atoms with Crippen LogP contribution in [0, 0.1) is 6.92 Å². The van der Waals surface area contributed by atoms with Gasteiger partial charge in [-0.2, -0.15) is 0 Å². The highest BCUT2D eigenvalue weighted by Crippen LogP contribution is 2.34. The molecule has 1 aromatic carbocycles. The molecule has 1 N–H and O–H groups in total. The van der Waals surface area contributed by atoms with E-state index in [1.54, 1.807) is 0 Å². The molecule has 8 heteroatoms. The number of nitrogens with zero attached hydrogens (tertiary/aromatic N) is 5. The minimum atomic E-state index is -0.00337. The topological polar surface area (TPSA) is 88.9 Å². The first kappa shape index (κ1) is 24.1. The van der Waals surface area contributed by atoms with Crippen molar-refractivity contribution in [3.63, 3.8) is 0 Å². The summed E-state index contributed by atoms with van der Waals surface area (Å²) in [5.41, 5.74) is 2.89. The van der Waals surface area contributed by atoms with Gasteiger partial charge in [-0.1, -0.05) is 44.2 Å². The van der Waals surface area contributed by atoms with E-state index < -0.39 is 0 Å². The van der Waals surface area contributed by atoms with Gasteiger partial charge in [-0.3, -0.25) is 9.69 Å². The zero-order valence-corrected chi connectivity index (χ0v) is 21.1. The van der Waals surface area contributed by atoms with Crippen molar-refractivity contribution in [3.05, 3.63) is 51.6 Å². The van der Waals surface area contributed by atoms with Gasteiger partial charge in [-0.25, -0.2) is 4.68 Å². The standard InChI is InChI=1S/C27H38N6O2/c1-3-8-25(26-29-30-31-33(26)18-23-11-7-14-35-23)32(22-9-5-4-6-10-22)17-21-16-20-15-19(2)12-13-24(20)28-27(21)34/h12-13,15-16,22-23,25H,3-11,14,17-18H2,1-2H3,(H,28,34)/t23-,25+/m0/s1. The summed E-state index contributed by atoms with van der Waals surface area (Å²) < 4.78 is 7.84. The number of hydrogen-bond acceptors (Lipinski definition) is 6. The number of aromatic nitrogens is 5. The van der Waals surface area contributed by atoms with Crippen LogP contribution in [0.4, 0.5) is 0 Å². The van der Waals surface area contributed by atoms with Crippen molar-refractivity contribution in [3.8, 4) is 0 Å². The van der Waals surface area contributed by atoms with Gasteiger partial charge >= 0.3 is 0 Å². The summed E-state index contributed by atoms with van der Waals surface area (Å²) in [6.07, 6.45) is 10.3. The Balaban J connectivity index is 1.50. The highest BCUT2D eigenvalue weighted by Gasteiger charge is 2.33. The summed E-state index contributed by atoms with van der Waals surface area (Å²) in [7, 11) is 0. The predicted molar refractivity (Wildman–Crippen MR) is 136 cm³/mol. The number of fused-ring (bicyclic) bond motifs is 1. The first-order chi connectivity index (χ1) is 17.1. The van der Waals surface area contributed by atoms with E-state index in [1.165, 1.54) is 24.8 Å². The molecule has 2 aromatic heterocycles. The van der Waals surface area contributed by atoms with Crippen molar-refractivity contribution < 1.29 is 4.74 Å². The van der Waals surface area contributed by atoms with Crippen molar-refractivity contribution in [2.75, 3.05) is 6.61 Å². The van der Waals surface area contributed by atoms with Gasteiger partial charge in [0.15, 0.2) is 5.82 Å². The summed E-state index contributed by atoms with van der Waals surface area (Å²) in [5.74, 6) is 0.904. The highest BCUT2D eigenvalue weighted by molar-refractivity contribution is 5.79. The van der Waals surface area contributed by atoms with Crippen LogP contribution in [0.3, 0.4) is 0 Å². The molecule has 1 saturated heterocycles. The van der Waals surface area contributed by atoms with Crippen LogP contribution in [-0.2, 0) is 17.8 Å². The summed E-state index contributed by atoms with van der Waals surface area (Å²) >= 11 is 0. The number of rotatable bonds is 9. The second kappa shape index (κ2) is 11.0. The number of pyridine rings is 1. The lowest BCUT2D eigenvalue weighted by Crippen LogP contribution is -2.41. The first-order valence-electron chi connectivity index (χ1n) is 13.4. The zero-order valence-electron chi connectivity index (χ0n) is 21.1. The lowest BCUT2D eigenvalue weighted by atomic mass is 9.91. The van der Waals surface area contributed by atoms with Gasteiger partial charge in [0, 0.05) is 30.3 Å². The molecular weight excluding hydrogens is 440 g/mol. The third kappa shape index (κ3) is 5.48. The van der Waals surface area contributed by atoms with Gasteiger partial charge in [-0.05, 0) is 73.0 Å². The monoisotopic (exact) mass is 478 g/mol. The van der Waals surface area contributed by atoms with E-state index >= 15 is 0 Å². The van der Waals surface area contributed by atoms with Crippen LogP contribution < -0.4 is 5.56 Å². The molecule has 35 heavy (non-hydrogen) atoms. The van der Waals surface area contributed by atoms with Crippen LogP contribution >= 0.6 is 0 Å². The van der Waals surface area contributed by atoms with Crippen LogP contribution in [0.25, 0.3) is 10.9 Å². The molecule has 3 heterocycles. The fraction of sp³-hybridized carbons (Fsp3) is 0.630. The molecule has 2 fully saturated rings. The lowest BCUT2D eigenvalue weighted by molar-refractivity contribution is 0.0713. The molecule has 188 valence electrons. The van der Waals surface area contributed by atoms with E-state index in [2.05, 4.69) is 51.4 Å². The fourth-order valence-electron chi connectivity index (χ4n) is 5.87. The maximum absolute atomic E-state index is 13.2. The average molecular weight is 479 g/mol. The second-order valence-electron chi connectivity index (χ2n) is 10.3. The number of ether oxygens (including phenoxy) is 1. The Labute approximate surface area is 207 Å². The zero-order chi connectivity index (χ0) is 24.2. The van der Waals surface area contributed by atoms with E-state index in [4.69, 9.17) is 4.74 Å². The van der Waals surface area contributed by atoms with Gasteiger partial charge < -0.3 is 9.72 Å². The number of nitrogens with one attached hydrogen (secondary N) is 1. The molecule has 0 radical (unpaired) electrons. The Bertz CT molecular complexity index is 1180. The van der Waals surface area contributed by atoms with E-state index in [9.17, 15) is 4.79 Å². The molecule has 3 aromatic rings. The number of hydrogen-bond donors (Lipinski definition) is 1. The lowest BCUT2D eigenvalue weighted by Gasteiger charge is -2.39. The maximum atomic E-state index is 13.2.